The van der Waals surface area contributed by atoms with Crippen molar-refractivity contribution in [1.29, 1.82) is 0 Å². The number of rotatable bonds is 10. The Morgan fingerprint density at radius 3 is 2.26 bits per heavy atom. The number of benzene rings is 3. The molecule has 1 unspecified atom stereocenters. The van der Waals surface area contributed by atoms with E-state index in [-0.39, 0.29) is 16.9 Å². The highest BCUT2D eigenvalue weighted by Gasteiger charge is 2.20. The quantitative estimate of drug-likeness (QED) is 0.362. The summed E-state index contributed by atoms with van der Waals surface area (Å²) in [7, 11) is 0. The van der Waals surface area contributed by atoms with Crippen LogP contribution in [-0.2, 0) is 6.42 Å². The van der Waals surface area contributed by atoms with E-state index in [1.165, 1.54) is 24.8 Å². The molecule has 3 nitrogen and oxygen atoms in total. The Balaban J connectivity index is 1.98. The third-order valence-electron chi connectivity index (χ3n) is 5.91. The van der Waals surface area contributed by atoms with E-state index in [0.29, 0.717) is 11.5 Å². The largest absolute Gasteiger partial charge is 0.478 e. The van der Waals surface area contributed by atoms with Gasteiger partial charge in [0, 0.05) is 11.1 Å². The van der Waals surface area contributed by atoms with Gasteiger partial charge in [-0.3, -0.25) is 4.79 Å². The van der Waals surface area contributed by atoms with Crippen LogP contribution in [0.1, 0.15) is 71.4 Å². The van der Waals surface area contributed by atoms with Gasteiger partial charge in [-0.1, -0.05) is 100 Å². The van der Waals surface area contributed by atoms with Crippen LogP contribution in [0.5, 0.6) is 0 Å². The number of hydrogen-bond donors (Lipinski definition) is 1. The average molecular weight is 415 g/mol. The number of ketones is 1. The molecular formula is C28H30O3. The minimum absolute atomic E-state index is 0.0409. The second kappa shape index (κ2) is 10.7. The highest BCUT2D eigenvalue weighted by atomic mass is 16.4. The standard InChI is InChI=1S/C28H30O3/c1-3-5-11-20(4-2)18-22-14-9-10-15-24(22)23-16-17-25(26(19-23)28(30)31)27(29)21-12-7-6-8-13-21/h6-10,12-17,19-20H,3-5,11,18H2,1-2H3,(H,30,31). The van der Waals surface area contributed by atoms with Gasteiger partial charge < -0.3 is 5.11 Å². The summed E-state index contributed by atoms with van der Waals surface area (Å²) in [6.45, 7) is 4.45. The fraction of sp³-hybridized carbons (Fsp3) is 0.286. The van der Waals surface area contributed by atoms with Crippen LogP contribution in [0.2, 0.25) is 0 Å². The first-order chi connectivity index (χ1) is 15.0. The van der Waals surface area contributed by atoms with Gasteiger partial charge in [-0.2, -0.15) is 0 Å². The van der Waals surface area contributed by atoms with Crippen LogP contribution in [0.25, 0.3) is 11.1 Å². The van der Waals surface area contributed by atoms with Gasteiger partial charge >= 0.3 is 5.97 Å². The number of aromatic carboxylic acids is 1. The predicted octanol–water partition coefficient (Wildman–Crippen LogP) is 7.04. The van der Waals surface area contributed by atoms with Crippen LogP contribution in [0.3, 0.4) is 0 Å². The SMILES string of the molecule is CCCCC(CC)Cc1ccccc1-c1ccc(C(=O)c2ccccc2)c(C(=O)O)c1. The van der Waals surface area contributed by atoms with Crippen molar-refractivity contribution in [3.8, 4) is 11.1 Å². The van der Waals surface area contributed by atoms with E-state index >= 15 is 0 Å². The van der Waals surface area contributed by atoms with Crippen molar-refractivity contribution in [3.05, 3.63) is 95.1 Å². The van der Waals surface area contributed by atoms with Crippen LogP contribution in [0.15, 0.2) is 72.8 Å². The summed E-state index contributed by atoms with van der Waals surface area (Å²) in [5.74, 6) is -0.754. The molecule has 0 aliphatic rings. The molecule has 3 aromatic carbocycles. The van der Waals surface area contributed by atoms with E-state index in [1.54, 1.807) is 36.4 Å². The summed E-state index contributed by atoms with van der Waals surface area (Å²) < 4.78 is 0. The summed E-state index contributed by atoms with van der Waals surface area (Å²) in [6.07, 6.45) is 5.71. The van der Waals surface area contributed by atoms with Crippen LogP contribution in [-0.4, -0.2) is 16.9 Å². The summed E-state index contributed by atoms with van der Waals surface area (Å²) in [4.78, 5) is 24.9. The van der Waals surface area contributed by atoms with Crippen LogP contribution < -0.4 is 0 Å². The summed E-state index contributed by atoms with van der Waals surface area (Å²) in [5, 5.41) is 9.83. The molecule has 0 bridgehead atoms. The Hall–Kier alpha value is -3.20. The Labute approximate surface area is 184 Å². The Bertz CT molecular complexity index is 1040. The normalized spacial score (nSPS) is 11.8. The first kappa shape index (κ1) is 22.5. The monoisotopic (exact) mass is 414 g/mol. The van der Waals surface area contributed by atoms with Crippen molar-refractivity contribution >= 4 is 11.8 Å². The molecule has 0 amide bonds. The van der Waals surface area contributed by atoms with Gasteiger partial charge in [0.25, 0.3) is 0 Å². The fourth-order valence-corrected chi connectivity index (χ4v) is 4.07. The lowest BCUT2D eigenvalue weighted by molar-refractivity contribution is 0.0693. The van der Waals surface area contributed by atoms with E-state index < -0.39 is 5.97 Å². The van der Waals surface area contributed by atoms with Gasteiger partial charge in [-0.05, 0) is 41.2 Å². The lowest BCUT2D eigenvalue weighted by Crippen LogP contribution is -2.10. The topological polar surface area (TPSA) is 54.4 Å². The number of carboxylic acid groups (broad SMARTS) is 1. The molecule has 0 spiro atoms. The zero-order valence-electron chi connectivity index (χ0n) is 18.3. The molecular weight excluding hydrogens is 384 g/mol. The van der Waals surface area contributed by atoms with Crippen molar-refractivity contribution in [1.82, 2.24) is 0 Å². The average Bonchev–Trinajstić information content (AvgIpc) is 2.81. The highest BCUT2D eigenvalue weighted by molar-refractivity contribution is 6.14. The van der Waals surface area contributed by atoms with E-state index in [1.807, 2.05) is 30.3 Å². The Morgan fingerprint density at radius 1 is 0.871 bits per heavy atom. The minimum Gasteiger partial charge on any atom is -0.478 e. The number of hydrogen-bond acceptors (Lipinski definition) is 2. The first-order valence-corrected chi connectivity index (χ1v) is 11.1. The van der Waals surface area contributed by atoms with Crippen molar-refractivity contribution < 1.29 is 14.7 Å². The lowest BCUT2D eigenvalue weighted by atomic mass is 9.87. The van der Waals surface area contributed by atoms with E-state index in [4.69, 9.17) is 0 Å². The molecule has 3 heteroatoms. The van der Waals surface area contributed by atoms with Gasteiger partial charge in [-0.25, -0.2) is 4.79 Å². The number of carbonyl (C=O) groups is 2. The van der Waals surface area contributed by atoms with Gasteiger partial charge in [0.15, 0.2) is 5.78 Å². The van der Waals surface area contributed by atoms with E-state index in [2.05, 4.69) is 19.9 Å². The molecule has 0 saturated carbocycles. The maximum absolute atomic E-state index is 12.9. The zero-order valence-corrected chi connectivity index (χ0v) is 18.3. The second-order valence-electron chi connectivity index (χ2n) is 8.04. The molecule has 0 radical (unpaired) electrons. The molecule has 160 valence electrons. The zero-order chi connectivity index (χ0) is 22.2. The second-order valence-corrected chi connectivity index (χ2v) is 8.04. The fourth-order valence-electron chi connectivity index (χ4n) is 4.07. The minimum atomic E-state index is -1.09. The summed E-state index contributed by atoms with van der Waals surface area (Å²) in [6, 6.07) is 22.2. The molecule has 3 aromatic rings. The van der Waals surface area contributed by atoms with Crippen LogP contribution in [0, 0.1) is 5.92 Å². The van der Waals surface area contributed by atoms with Crippen molar-refractivity contribution in [2.75, 3.05) is 0 Å². The smallest absolute Gasteiger partial charge is 0.336 e. The molecule has 31 heavy (non-hydrogen) atoms. The number of carboxylic acids is 1. The third kappa shape index (κ3) is 5.49. The molecule has 3 rings (SSSR count). The van der Waals surface area contributed by atoms with Crippen LogP contribution >= 0.6 is 0 Å². The molecule has 0 aliphatic carbocycles. The molecule has 1 atom stereocenters. The van der Waals surface area contributed by atoms with Gasteiger partial charge in [0.1, 0.15) is 0 Å². The lowest BCUT2D eigenvalue weighted by Gasteiger charge is -2.18. The maximum atomic E-state index is 12.9. The molecule has 0 aliphatic heterocycles. The maximum Gasteiger partial charge on any atom is 0.336 e. The van der Waals surface area contributed by atoms with Crippen molar-refractivity contribution in [2.24, 2.45) is 5.92 Å². The van der Waals surface area contributed by atoms with Crippen molar-refractivity contribution in [3.63, 3.8) is 0 Å². The molecule has 0 heterocycles. The van der Waals surface area contributed by atoms with Gasteiger partial charge in [-0.15, -0.1) is 0 Å². The third-order valence-corrected chi connectivity index (χ3v) is 5.91. The van der Waals surface area contributed by atoms with Crippen LogP contribution in [0.4, 0.5) is 0 Å². The van der Waals surface area contributed by atoms with Crippen molar-refractivity contribution in [2.45, 2.75) is 46.0 Å². The highest BCUT2D eigenvalue weighted by Crippen LogP contribution is 2.30. The van der Waals surface area contributed by atoms with Gasteiger partial charge in [0.05, 0.1) is 5.56 Å². The van der Waals surface area contributed by atoms with Gasteiger partial charge in [0.2, 0.25) is 0 Å². The van der Waals surface area contributed by atoms with E-state index in [9.17, 15) is 14.7 Å². The summed E-state index contributed by atoms with van der Waals surface area (Å²) in [5.41, 5.74) is 3.85. The number of unbranched alkanes of at least 4 members (excludes halogenated alkanes) is 1. The predicted molar refractivity (Wildman–Crippen MR) is 126 cm³/mol. The Kier molecular flexibility index (Phi) is 7.77. The van der Waals surface area contributed by atoms with E-state index in [0.717, 1.165) is 24.0 Å². The molecule has 0 saturated heterocycles. The molecule has 0 aromatic heterocycles. The molecule has 1 N–H and O–H groups in total. The number of carbonyl (C=O) groups excluding carboxylic acids is 1. The Morgan fingerprint density at radius 2 is 1.58 bits per heavy atom. The summed E-state index contributed by atoms with van der Waals surface area (Å²) >= 11 is 0. The molecule has 0 fully saturated rings. The first-order valence-electron chi connectivity index (χ1n) is 11.1.